The van der Waals surface area contributed by atoms with Crippen LogP contribution in [-0.2, 0) is 9.53 Å². The van der Waals surface area contributed by atoms with Crippen LogP contribution in [0.15, 0.2) is 12.2 Å². The Labute approximate surface area is 73.6 Å². The van der Waals surface area contributed by atoms with Crippen LogP contribution in [0.3, 0.4) is 0 Å². The predicted octanol–water partition coefficient (Wildman–Crippen LogP) is 1.23. The summed E-state index contributed by atoms with van der Waals surface area (Å²) in [5.41, 5.74) is 5.85. The Balaban J connectivity index is 3.50. The molecule has 0 aliphatic heterocycles. The quantitative estimate of drug-likeness (QED) is 0.371. The van der Waals surface area contributed by atoms with Crippen molar-refractivity contribution < 1.29 is 9.53 Å². The maximum absolute atomic E-state index is 11.0. The lowest BCUT2D eigenvalue weighted by atomic mass is 10.1. The maximum Gasteiger partial charge on any atom is 0.333 e. The molecule has 0 aromatic heterocycles. The molecule has 2 N–H and O–H groups in total. The summed E-state index contributed by atoms with van der Waals surface area (Å²) in [5.74, 6) is -0.283. The van der Waals surface area contributed by atoms with Gasteiger partial charge in [-0.15, -0.1) is 0 Å². The molecule has 3 nitrogen and oxygen atoms in total. The minimum Gasteiger partial charge on any atom is -0.463 e. The van der Waals surface area contributed by atoms with E-state index in [0.29, 0.717) is 25.1 Å². The Morgan fingerprint density at radius 2 is 2.17 bits per heavy atom. The zero-order chi connectivity index (χ0) is 9.40. The molecule has 3 heteroatoms. The number of ether oxygens (including phenoxy) is 1. The monoisotopic (exact) mass is 171 g/mol. The van der Waals surface area contributed by atoms with Crippen LogP contribution in [0.5, 0.6) is 0 Å². The van der Waals surface area contributed by atoms with Gasteiger partial charge in [-0.25, -0.2) is 4.79 Å². The molecule has 0 aromatic carbocycles. The van der Waals surface area contributed by atoms with Gasteiger partial charge in [-0.3, -0.25) is 0 Å². The highest BCUT2D eigenvalue weighted by atomic mass is 16.5. The number of esters is 1. The number of nitrogens with two attached hydrogens (primary N) is 1. The van der Waals surface area contributed by atoms with Crippen LogP contribution in [0, 0.1) is 0 Å². The van der Waals surface area contributed by atoms with Crippen LogP contribution >= 0.6 is 0 Å². The molecule has 0 spiro atoms. The predicted molar refractivity (Wildman–Crippen MR) is 48.7 cm³/mol. The zero-order valence-electron chi connectivity index (χ0n) is 7.64. The van der Waals surface area contributed by atoms with Gasteiger partial charge in [-0.05, 0) is 32.7 Å². The number of hydrogen-bond acceptors (Lipinski definition) is 3. The standard InChI is InChI=1S/C9H17NO2/c1-3-12-9(11)8(2)6-4-5-7-10/h2-7,10H2,1H3. The minimum absolute atomic E-state index is 0.283. The van der Waals surface area contributed by atoms with Gasteiger partial charge in [0.05, 0.1) is 6.61 Å². The number of hydrogen-bond donors (Lipinski definition) is 1. The van der Waals surface area contributed by atoms with E-state index in [1.165, 1.54) is 0 Å². The third kappa shape index (κ3) is 4.91. The third-order valence-electron chi connectivity index (χ3n) is 1.50. The molecule has 0 rings (SSSR count). The topological polar surface area (TPSA) is 52.3 Å². The summed E-state index contributed by atoms with van der Waals surface area (Å²) in [7, 11) is 0. The van der Waals surface area contributed by atoms with Gasteiger partial charge in [-0.1, -0.05) is 6.58 Å². The summed E-state index contributed by atoms with van der Waals surface area (Å²) in [6, 6.07) is 0. The van der Waals surface area contributed by atoms with Gasteiger partial charge < -0.3 is 10.5 Å². The van der Waals surface area contributed by atoms with E-state index >= 15 is 0 Å². The van der Waals surface area contributed by atoms with Crippen LogP contribution in [0.25, 0.3) is 0 Å². The summed E-state index contributed by atoms with van der Waals surface area (Å²) >= 11 is 0. The highest BCUT2D eigenvalue weighted by Gasteiger charge is 2.05. The molecule has 0 heterocycles. The fourth-order valence-corrected chi connectivity index (χ4v) is 0.818. The van der Waals surface area contributed by atoms with Gasteiger partial charge >= 0.3 is 5.97 Å². The molecular weight excluding hydrogens is 154 g/mol. The molecule has 0 atom stereocenters. The Hall–Kier alpha value is -0.830. The van der Waals surface area contributed by atoms with E-state index in [4.69, 9.17) is 10.5 Å². The molecular formula is C9H17NO2. The molecule has 0 aliphatic rings. The number of carbonyl (C=O) groups excluding carboxylic acids is 1. The van der Waals surface area contributed by atoms with Gasteiger partial charge in [0, 0.05) is 5.57 Å². The van der Waals surface area contributed by atoms with E-state index in [-0.39, 0.29) is 5.97 Å². The largest absolute Gasteiger partial charge is 0.463 e. The molecule has 0 aliphatic carbocycles. The molecule has 70 valence electrons. The third-order valence-corrected chi connectivity index (χ3v) is 1.50. The first-order valence-corrected chi connectivity index (χ1v) is 4.27. The van der Waals surface area contributed by atoms with Gasteiger partial charge in [0.2, 0.25) is 0 Å². The zero-order valence-corrected chi connectivity index (χ0v) is 7.64. The van der Waals surface area contributed by atoms with Gasteiger partial charge in [0.25, 0.3) is 0 Å². The van der Waals surface area contributed by atoms with Gasteiger partial charge in [0.15, 0.2) is 0 Å². The molecule has 0 unspecified atom stereocenters. The maximum atomic E-state index is 11.0. The summed E-state index contributed by atoms with van der Waals surface area (Å²) in [4.78, 5) is 11.0. The lowest BCUT2D eigenvalue weighted by molar-refractivity contribution is -0.138. The molecule has 0 amide bonds. The molecule has 0 radical (unpaired) electrons. The van der Waals surface area contributed by atoms with Crippen molar-refractivity contribution in [2.45, 2.75) is 26.2 Å². The summed E-state index contributed by atoms with van der Waals surface area (Å²) < 4.78 is 4.76. The van der Waals surface area contributed by atoms with Crippen LogP contribution in [0.1, 0.15) is 26.2 Å². The Bertz CT molecular complexity index is 155. The van der Waals surface area contributed by atoms with Crippen molar-refractivity contribution in [3.63, 3.8) is 0 Å². The number of carbonyl (C=O) groups is 1. The summed E-state index contributed by atoms with van der Waals surface area (Å²) in [6.45, 7) is 6.49. The van der Waals surface area contributed by atoms with Gasteiger partial charge in [-0.2, -0.15) is 0 Å². The fourth-order valence-electron chi connectivity index (χ4n) is 0.818. The highest BCUT2D eigenvalue weighted by molar-refractivity contribution is 5.87. The normalized spacial score (nSPS) is 9.50. The van der Waals surface area contributed by atoms with E-state index in [2.05, 4.69) is 6.58 Å². The van der Waals surface area contributed by atoms with Crippen molar-refractivity contribution in [1.29, 1.82) is 0 Å². The second-order valence-electron chi connectivity index (χ2n) is 2.57. The molecule has 0 aromatic rings. The number of unbranched alkanes of at least 4 members (excludes halogenated alkanes) is 1. The molecule has 0 saturated carbocycles. The Morgan fingerprint density at radius 1 is 1.50 bits per heavy atom. The van der Waals surface area contributed by atoms with Crippen LogP contribution in [0.2, 0.25) is 0 Å². The van der Waals surface area contributed by atoms with E-state index in [1.807, 2.05) is 0 Å². The highest BCUT2D eigenvalue weighted by Crippen LogP contribution is 2.06. The average Bonchev–Trinajstić information content (AvgIpc) is 2.05. The molecule has 0 bridgehead atoms. The van der Waals surface area contributed by atoms with Crippen LogP contribution in [-0.4, -0.2) is 19.1 Å². The van der Waals surface area contributed by atoms with Crippen molar-refractivity contribution in [1.82, 2.24) is 0 Å². The smallest absolute Gasteiger partial charge is 0.333 e. The summed E-state index contributed by atoms with van der Waals surface area (Å²) in [6.07, 6.45) is 2.53. The SMILES string of the molecule is C=C(CCCCN)C(=O)OCC. The Morgan fingerprint density at radius 3 is 2.67 bits per heavy atom. The van der Waals surface area contributed by atoms with Crippen molar-refractivity contribution in [3.05, 3.63) is 12.2 Å². The average molecular weight is 171 g/mol. The van der Waals surface area contributed by atoms with Crippen LogP contribution in [0.4, 0.5) is 0 Å². The van der Waals surface area contributed by atoms with Crippen molar-refractivity contribution in [2.75, 3.05) is 13.2 Å². The van der Waals surface area contributed by atoms with Crippen LogP contribution < -0.4 is 5.73 Å². The number of rotatable bonds is 6. The molecule has 12 heavy (non-hydrogen) atoms. The van der Waals surface area contributed by atoms with E-state index in [0.717, 1.165) is 12.8 Å². The van der Waals surface area contributed by atoms with Crippen molar-refractivity contribution >= 4 is 5.97 Å². The van der Waals surface area contributed by atoms with E-state index in [1.54, 1.807) is 6.92 Å². The second-order valence-corrected chi connectivity index (χ2v) is 2.57. The Kier molecular flexibility index (Phi) is 6.38. The lowest BCUT2D eigenvalue weighted by Gasteiger charge is -2.03. The molecule has 0 fully saturated rings. The first-order valence-electron chi connectivity index (χ1n) is 4.27. The first-order chi connectivity index (χ1) is 5.72. The van der Waals surface area contributed by atoms with Crippen molar-refractivity contribution in [2.24, 2.45) is 5.73 Å². The second kappa shape index (κ2) is 6.85. The van der Waals surface area contributed by atoms with E-state index < -0.39 is 0 Å². The molecule has 0 saturated heterocycles. The van der Waals surface area contributed by atoms with Gasteiger partial charge in [0.1, 0.15) is 0 Å². The summed E-state index contributed by atoms with van der Waals surface area (Å²) in [5, 5.41) is 0. The first kappa shape index (κ1) is 11.2. The fraction of sp³-hybridized carbons (Fsp3) is 0.667. The van der Waals surface area contributed by atoms with E-state index in [9.17, 15) is 4.79 Å². The lowest BCUT2D eigenvalue weighted by Crippen LogP contribution is -2.07. The minimum atomic E-state index is -0.283. The van der Waals surface area contributed by atoms with Crippen molar-refractivity contribution in [3.8, 4) is 0 Å².